The van der Waals surface area contributed by atoms with Crippen LogP contribution in [-0.4, -0.2) is 52.7 Å². The van der Waals surface area contributed by atoms with Gasteiger partial charge in [0.05, 0.1) is 0 Å². The van der Waals surface area contributed by atoms with Gasteiger partial charge in [0, 0.05) is 42.7 Å². The quantitative estimate of drug-likeness (QED) is 0.547. The van der Waals surface area contributed by atoms with E-state index in [2.05, 4.69) is 27.8 Å². The van der Waals surface area contributed by atoms with Crippen molar-refractivity contribution in [2.24, 2.45) is 4.99 Å². The van der Waals surface area contributed by atoms with Crippen LogP contribution in [0.3, 0.4) is 0 Å². The lowest BCUT2D eigenvalue weighted by Crippen LogP contribution is -2.45. The number of rotatable bonds is 9. The van der Waals surface area contributed by atoms with E-state index in [0.29, 0.717) is 23.0 Å². The minimum atomic E-state index is -0.520. The van der Waals surface area contributed by atoms with Crippen LogP contribution in [0.15, 0.2) is 59.6 Å². The number of amides is 3. The molecule has 0 unspecified atom stereocenters. The maximum Gasteiger partial charge on any atom is 0.262 e. The Morgan fingerprint density at radius 3 is 2.49 bits per heavy atom. The van der Waals surface area contributed by atoms with Crippen LogP contribution in [-0.2, 0) is 15.0 Å². The molecule has 35 heavy (non-hydrogen) atoms. The fraction of sp³-hybridized carbons (Fsp3) is 0.407. The summed E-state index contributed by atoms with van der Waals surface area (Å²) in [6.45, 7) is 6.12. The third kappa shape index (κ3) is 5.75. The molecule has 2 aromatic rings. The minimum absolute atomic E-state index is 0.000286. The average Bonchev–Trinajstić information content (AvgIpc) is 3.19. The number of anilines is 1. The van der Waals surface area contributed by atoms with Crippen LogP contribution in [0, 0.1) is 0 Å². The topological polar surface area (TPSA) is 90.9 Å². The van der Waals surface area contributed by atoms with Crippen LogP contribution in [0.1, 0.15) is 55.5 Å². The van der Waals surface area contributed by atoms with E-state index in [4.69, 9.17) is 0 Å². The molecular formula is C27H32N4O3S. The highest BCUT2D eigenvalue weighted by Gasteiger charge is 2.38. The molecule has 1 atom stereocenters. The fourth-order valence-electron chi connectivity index (χ4n) is 4.57. The summed E-state index contributed by atoms with van der Waals surface area (Å²) in [6.07, 6.45) is 3.32. The van der Waals surface area contributed by atoms with Crippen LogP contribution < -0.4 is 10.6 Å². The first kappa shape index (κ1) is 25.0. The predicted molar refractivity (Wildman–Crippen MR) is 141 cm³/mol. The number of nitrogens with one attached hydrogen (secondary N) is 2. The third-order valence-corrected chi connectivity index (χ3v) is 8.04. The Labute approximate surface area is 210 Å². The van der Waals surface area contributed by atoms with Gasteiger partial charge >= 0.3 is 0 Å². The Morgan fingerprint density at radius 1 is 1.09 bits per heavy atom. The molecule has 0 bridgehead atoms. The lowest BCUT2D eigenvalue weighted by Gasteiger charge is -2.42. The van der Waals surface area contributed by atoms with Crippen molar-refractivity contribution in [3.05, 3.63) is 65.7 Å². The van der Waals surface area contributed by atoms with Crippen LogP contribution in [0.4, 0.5) is 5.69 Å². The third-order valence-electron chi connectivity index (χ3n) is 6.83. The van der Waals surface area contributed by atoms with Crippen molar-refractivity contribution in [1.29, 1.82) is 0 Å². The van der Waals surface area contributed by atoms with Crippen molar-refractivity contribution in [2.75, 3.05) is 25.0 Å². The monoisotopic (exact) mass is 492 g/mol. The Bertz CT molecular complexity index is 1110. The minimum Gasteiger partial charge on any atom is -0.352 e. The van der Waals surface area contributed by atoms with Crippen molar-refractivity contribution >= 4 is 40.3 Å². The highest BCUT2D eigenvalue weighted by molar-refractivity contribution is 8.15. The summed E-state index contributed by atoms with van der Waals surface area (Å²) < 4.78 is 0. The van der Waals surface area contributed by atoms with Crippen LogP contribution in [0.2, 0.25) is 0 Å². The zero-order valence-electron chi connectivity index (χ0n) is 20.3. The first-order chi connectivity index (χ1) is 16.9. The number of carbonyl (C=O) groups is 3. The van der Waals surface area contributed by atoms with Gasteiger partial charge in [-0.15, -0.1) is 0 Å². The number of hydrogen-bond acceptors (Lipinski definition) is 5. The summed E-state index contributed by atoms with van der Waals surface area (Å²) in [5.41, 5.74) is 2.29. The molecule has 1 aliphatic heterocycles. The smallest absolute Gasteiger partial charge is 0.262 e. The number of amidine groups is 1. The normalized spacial score (nSPS) is 18.4. The second kappa shape index (κ2) is 11.1. The lowest BCUT2D eigenvalue weighted by molar-refractivity contribution is -0.121. The summed E-state index contributed by atoms with van der Waals surface area (Å²) in [5, 5.41) is 6.08. The summed E-state index contributed by atoms with van der Waals surface area (Å²) in [7, 11) is 0. The second-order valence-electron chi connectivity index (χ2n) is 9.03. The average molecular weight is 493 g/mol. The number of nitrogens with zero attached hydrogens (tertiary/aromatic N) is 2. The molecule has 0 saturated heterocycles. The zero-order chi connectivity index (χ0) is 24.8. The van der Waals surface area contributed by atoms with Crippen molar-refractivity contribution < 1.29 is 14.4 Å². The van der Waals surface area contributed by atoms with E-state index in [9.17, 15) is 14.4 Å². The Balaban J connectivity index is 1.32. The Hall–Kier alpha value is -3.13. The van der Waals surface area contributed by atoms with E-state index < -0.39 is 5.25 Å². The summed E-state index contributed by atoms with van der Waals surface area (Å²) in [4.78, 5) is 43.9. The number of carbonyl (C=O) groups excluding carboxylic acids is 3. The summed E-state index contributed by atoms with van der Waals surface area (Å²) in [5.74, 6) is -0.715. The Morgan fingerprint density at radius 2 is 1.83 bits per heavy atom. The molecule has 184 valence electrons. The fourth-order valence-corrected chi connectivity index (χ4v) is 5.76. The van der Waals surface area contributed by atoms with Gasteiger partial charge in [-0.1, -0.05) is 54.6 Å². The van der Waals surface area contributed by atoms with Gasteiger partial charge in [-0.25, -0.2) is 0 Å². The molecule has 0 aromatic heterocycles. The molecule has 0 spiro atoms. The van der Waals surface area contributed by atoms with E-state index in [1.807, 2.05) is 36.9 Å². The maximum absolute atomic E-state index is 12.9. The van der Waals surface area contributed by atoms with Crippen molar-refractivity contribution in [3.8, 4) is 0 Å². The van der Waals surface area contributed by atoms with Gasteiger partial charge in [0.2, 0.25) is 5.91 Å². The molecule has 1 saturated carbocycles. The molecule has 2 aliphatic rings. The van der Waals surface area contributed by atoms with Gasteiger partial charge in [-0.3, -0.25) is 14.4 Å². The second-order valence-corrected chi connectivity index (χ2v) is 10.2. The van der Waals surface area contributed by atoms with E-state index in [0.717, 1.165) is 32.4 Å². The molecule has 1 fully saturated rings. The molecule has 2 N–H and O–H groups in total. The maximum atomic E-state index is 12.9. The van der Waals surface area contributed by atoms with Crippen LogP contribution >= 0.6 is 11.8 Å². The highest BCUT2D eigenvalue weighted by Crippen LogP contribution is 2.43. The lowest BCUT2D eigenvalue weighted by atomic mass is 9.64. The predicted octanol–water partition coefficient (Wildman–Crippen LogP) is 4.21. The van der Waals surface area contributed by atoms with Crippen molar-refractivity contribution in [1.82, 2.24) is 10.2 Å². The molecule has 8 heteroatoms. The molecule has 1 heterocycles. The number of aliphatic imine (C=N–C) groups is 1. The number of benzene rings is 2. The van der Waals surface area contributed by atoms with Crippen molar-refractivity contribution in [2.45, 2.75) is 50.2 Å². The van der Waals surface area contributed by atoms with Crippen LogP contribution in [0.5, 0.6) is 0 Å². The first-order valence-corrected chi connectivity index (χ1v) is 13.1. The molecule has 3 amide bonds. The van der Waals surface area contributed by atoms with Crippen LogP contribution in [0.25, 0.3) is 0 Å². The molecular weight excluding hydrogens is 460 g/mol. The summed E-state index contributed by atoms with van der Waals surface area (Å²) in [6, 6.07) is 17.2. The van der Waals surface area contributed by atoms with E-state index in [1.54, 1.807) is 24.3 Å². The number of hydrogen-bond donors (Lipinski definition) is 2. The molecule has 7 nitrogen and oxygen atoms in total. The highest BCUT2D eigenvalue weighted by atomic mass is 32.2. The zero-order valence-corrected chi connectivity index (χ0v) is 21.1. The van der Waals surface area contributed by atoms with E-state index in [-0.39, 0.29) is 29.6 Å². The van der Waals surface area contributed by atoms with Gasteiger partial charge in [-0.2, -0.15) is 4.99 Å². The standard InChI is InChI=1S/C27H32N4O3S/c1-3-31(4-2)26-30-25(34)22(35-26)17-23(32)29-21-13-8-10-19(16-21)24(33)28-18-27(14-9-15-27)20-11-6-5-7-12-20/h5-8,10-13,16,22H,3-4,9,14-15,17-18H2,1-2H3,(H,28,33)(H,29,32)/t22-/m1/s1. The number of thioether (sulfide) groups is 1. The van der Waals surface area contributed by atoms with Gasteiger partial charge in [0.25, 0.3) is 11.8 Å². The molecule has 4 rings (SSSR count). The van der Waals surface area contributed by atoms with E-state index in [1.165, 1.54) is 17.3 Å². The molecule has 0 radical (unpaired) electrons. The molecule has 2 aromatic carbocycles. The van der Waals surface area contributed by atoms with Gasteiger partial charge < -0.3 is 15.5 Å². The summed E-state index contributed by atoms with van der Waals surface area (Å²) >= 11 is 1.34. The molecule has 1 aliphatic carbocycles. The van der Waals surface area contributed by atoms with E-state index >= 15 is 0 Å². The first-order valence-electron chi connectivity index (χ1n) is 12.2. The van der Waals surface area contributed by atoms with Crippen molar-refractivity contribution in [3.63, 3.8) is 0 Å². The van der Waals surface area contributed by atoms with Gasteiger partial charge in [0.1, 0.15) is 5.25 Å². The SMILES string of the molecule is CCN(CC)C1=NC(=O)[C@@H](CC(=O)Nc2cccc(C(=O)NCC3(c4ccccc4)CCC3)c2)S1. The van der Waals surface area contributed by atoms with Gasteiger partial charge in [-0.05, 0) is 50.5 Å². The largest absolute Gasteiger partial charge is 0.352 e. The van der Waals surface area contributed by atoms with Gasteiger partial charge in [0.15, 0.2) is 5.17 Å². The Kier molecular flexibility index (Phi) is 7.90.